The van der Waals surface area contributed by atoms with E-state index in [2.05, 4.69) is 19.2 Å². The maximum atomic E-state index is 13.1. The van der Waals surface area contributed by atoms with Crippen molar-refractivity contribution in [3.05, 3.63) is 35.1 Å². The van der Waals surface area contributed by atoms with Gasteiger partial charge in [0.25, 0.3) is 0 Å². The molecule has 0 heterocycles. The molecule has 2 rings (SSSR count). The smallest absolute Gasteiger partial charge is 0.123 e. The third-order valence-electron chi connectivity index (χ3n) is 2.89. The van der Waals surface area contributed by atoms with Crippen LogP contribution >= 0.6 is 0 Å². The molecule has 1 nitrogen and oxygen atoms in total. The number of rotatable bonds is 4. The van der Waals surface area contributed by atoms with E-state index in [4.69, 9.17) is 0 Å². The molecule has 1 aliphatic rings. The summed E-state index contributed by atoms with van der Waals surface area (Å²) in [6, 6.07) is 5.79. The SMILES string of the molecule is CC(C)c1ccc(F)cc1CNC1CC1. The Balaban J connectivity index is 2.13. The van der Waals surface area contributed by atoms with Crippen LogP contribution in [0.1, 0.15) is 43.7 Å². The quantitative estimate of drug-likeness (QED) is 0.799. The molecule has 1 fully saturated rings. The van der Waals surface area contributed by atoms with Gasteiger partial charge >= 0.3 is 0 Å². The monoisotopic (exact) mass is 207 g/mol. The topological polar surface area (TPSA) is 12.0 Å². The highest BCUT2D eigenvalue weighted by Gasteiger charge is 2.20. The van der Waals surface area contributed by atoms with Gasteiger partial charge in [-0.2, -0.15) is 0 Å². The molecule has 0 unspecified atom stereocenters. The van der Waals surface area contributed by atoms with Gasteiger partial charge in [-0.3, -0.25) is 0 Å². The number of hydrogen-bond donors (Lipinski definition) is 1. The van der Waals surface area contributed by atoms with Crippen molar-refractivity contribution < 1.29 is 4.39 Å². The summed E-state index contributed by atoms with van der Waals surface area (Å²) >= 11 is 0. The fourth-order valence-corrected chi connectivity index (χ4v) is 1.83. The number of nitrogens with one attached hydrogen (secondary N) is 1. The highest BCUT2D eigenvalue weighted by molar-refractivity contribution is 5.30. The maximum absolute atomic E-state index is 13.1. The standard InChI is InChI=1S/C13H18FN/c1-9(2)13-6-3-11(14)7-10(13)8-15-12-4-5-12/h3,6-7,9,12,15H,4-5,8H2,1-2H3. The molecule has 0 amide bonds. The first kappa shape index (κ1) is 10.6. The Morgan fingerprint density at radius 2 is 2.13 bits per heavy atom. The van der Waals surface area contributed by atoms with Crippen molar-refractivity contribution in [3.63, 3.8) is 0 Å². The predicted molar refractivity (Wildman–Crippen MR) is 60.4 cm³/mol. The van der Waals surface area contributed by atoms with E-state index in [9.17, 15) is 4.39 Å². The first-order valence-corrected chi connectivity index (χ1v) is 5.68. The maximum Gasteiger partial charge on any atom is 0.123 e. The van der Waals surface area contributed by atoms with Crippen molar-refractivity contribution in [2.45, 2.75) is 45.2 Å². The summed E-state index contributed by atoms with van der Waals surface area (Å²) in [7, 11) is 0. The average molecular weight is 207 g/mol. The molecule has 0 bridgehead atoms. The fourth-order valence-electron chi connectivity index (χ4n) is 1.83. The summed E-state index contributed by atoms with van der Waals surface area (Å²) in [5, 5.41) is 3.43. The van der Waals surface area contributed by atoms with Gasteiger partial charge in [-0.25, -0.2) is 4.39 Å². The zero-order chi connectivity index (χ0) is 10.8. The molecule has 0 aliphatic heterocycles. The number of hydrogen-bond acceptors (Lipinski definition) is 1. The molecular formula is C13H18FN. The van der Waals surface area contributed by atoms with Gasteiger partial charge < -0.3 is 5.32 Å². The molecule has 82 valence electrons. The summed E-state index contributed by atoms with van der Waals surface area (Å²) in [5.74, 6) is 0.327. The lowest BCUT2D eigenvalue weighted by Gasteiger charge is -2.13. The molecule has 1 aromatic rings. The second-order valence-electron chi connectivity index (χ2n) is 4.65. The minimum Gasteiger partial charge on any atom is -0.310 e. The first-order chi connectivity index (χ1) is 7.16. The Labute approximate surface area is 90.7 Å². The van der Waals surface area contributed by atoms with Gasteiger partial charge in [0.15, 0.2) is 0 Å². The summed E-state index contributed by atoms with van der Waals surface area (Å²) in [6.45, 7) is 5.09. The Morgan fingerprint density at radius 3 is 2.73 bits per heavy atom. The molecule has 0 saturated heterocycles. The number of benzene rings is 1. The van der Waals surface area contributed by atoms with Crippen LogP contribution in [0.3, 0.4) is 0 Å². The fraction of sp³-hybridized carbons (Fsp3) is 0.538. The van der Waals surface area contributed by atoms with E-state index in [0.717, 1.165) is 12.1 Å². The van der Waals surface area contributed by atoms with Crippen molar-refractivity contribution in [1.29, 1.82) is 0 Å². The number of halogens is 1. The second-order valence-corrected chi connectivity index (χ2v) is 4.65. The first-order valence-electron chi connectivity index (χ1n) is 5.68. The molecule has 15 heavy (non-hydrogen) atoms. The van der Waals surface area contributed by atoms with Crippen LogP contribution < -0.4 is 5.32 Å². The van der Waals surface area contributed by atoms with Crippen LogP contribution in [-0.2, 0) is 6.54 Å². The lowest BCUT2D eigenvalue weighted by molar-refractivity contribution is 0.615. The van der Waals surface area contributed by atoms with Gasteiger partial charge in [-0.05, 0) is 42.0 Å². The molecule has 2 heteroatoms. The van der Waals surface area contributed by atoms with Gasteiger partial charge in [-0.15, -0.1) is 0 Å². The van der Waals surface area contributed by atoms with E-state index in [0.29, 0.717) is 12.0 Å². The van der Waals surface area contributed by atoms with Gasteiger partial charge in [0, 0.05) is 12.6 Å². The summed E-state index contributed by atoms with van der Waals surface area (Å²) in [6.07, 6.45) is 2.54. The summed E-state index contributed by atoms with van der Waals surface area (Å²) in [4.78, 5) is 0. The van der Waals surface area contributed by atoms with Crippen LogP contribution in [-0.4, -0.2) is 6.04 Å². The largest absolute Gasteiger partial charge is 0.310 e. The average Bonchev–Trinajstić information content (AvgIpc) is 2.97. The van der Waals surface area contributed by atoms with Gasteiger partial charge in [0.2, 0.25) is 0 Å². The van der Waals surface area contributed by atoms with Crippen molar-refractivity contribution in [2.24, 2.45) is 0 Å². The highest BCUT2D eigenvalue weighted by Crippen LogP contribution is 2.23. The minimum absolute atomic E-state index is 0.132. The molecule has 0 atom stereocenters. The van der Waals surface area contributed by atoms with Gasteiger partial charge in [-0.1, -0.05) is 19.9 Å². The van der Waals surface area contributed by atoms with E-state index in [1.807, 2.05) is 6.07 Å². The molecule has 1 aromatic carbocycles. The third kappa shape index (κ3) is 2.78. The van der Waals surface area contributed by atoms with E-state index >= 15 is 0 Å². The van der Waals surface area contributed by atoms with Crippen LogP contribution in [0.15, 0.2) is 18.2 Å². The van der Waals surface area contributed by atoms with Crippen LogP contribution in [0.4, 0.5) is 4.39 Å². The van der Waals surface area contributed by atoms with Crippen LogP contribution in [0, 0.1) is 5.82 Å². The van der Waals surface area contributed by atoms with Crippen molar-refractivity contribution in [2.75, 3.05) is 0 Å². The molecule has 0 aromatic heterocycles. The lowest BCUT2D eigenvalue weighted by atomic mass is 9.97. The normalized spacial score (nSPS) is 16.0. The van der Waals surface area contributed by atoms with E-state index < -0.39 is 0 Å². The molecule has 0 radical (unpaired) electrons. The highest BCUT2D eigenvalue weighted by atomic mass is 19.1. The zero-order valence-electron chi connectivity index (χ0n) is 9.39. The van der Waals surface area contributed by atoms with Gasteiger partial charge in [0.1, 0.15) is 5.82 Å². The van der Waals surface area contributed by atoms with E-state index in [1.54, 1.807) is 12.1 Å². The van der Waals surface area contributed by atoms with Crippen LogP contribution in [0.5, 0.6) is 0 Å². The summed E-state index contributed by atoms with van der Waals surface area (Å²) in [5.41, 5.74) is 2.36. The second kappa shape index (κ2) is 4.31. The van der Waals surface area contributed by atoms with Crippen LogP contribution in [0.25, 0.3) is 0 Å². The third-order valence-corrected chi connectivity index (χ3v) is 2.89. The molecule has 1 saturated carbocycles. The van der Waals surface area contributed by atoms with E-state index in [1.165, 1.54) is 18.4 Å². The molecular weight excluding hydrogens is 189 g/mol. The van der Waals surface area contributed by atoms with Crippen LogP contribution in [0.2, 0.25) is 0 Å². The van der Waals surface area contributed by atoms with E-state index in [-0.39, 0.29) is 5.82 Å². The zero-order valence-corrected chi connectivity index (χ0v) is 9.39. The summed E-state index contributed by atoms with van der Waals surface area (Å²) < 4.78 is 13.1. The molecule has 1 aliphatic carbocycles. The lowest BCUT2D eigenvalue weighted by Crippen LogP contribution is -2.17. The Kier molecular flexibility index (Phi) is 3.06. The van der Waals surface area contributed by atoms with Crippen molar-refractivity contribution in [3.8, 4) is 0 Å². The molecule has 1 N–H and O–H groups in total. The van der Waals surface area contributed by atoms with Crippen molar-refractivity contribution in [1.82, 2.24) is 5.32 Å². The Bertz CT molecular complexity index is 342. The predicted octanol–water partition coefficient (Wildman–Crippen LogP) is 3.20. The van der Waals surface area contributed by atoms with Gasteiger partial charge in [0.05, 0.1) is 0 Å². The Morgan fingerprint density at radius 1 is 1.40 bits per heavy atom. The Hall–Kier alpha value is -0.890. The van der Waals surface area contributed by atoms with Crippen molar-refractivity contribution >= 4 is 0 Å². The minimum atomic E-state index is -0.132. The molecule has 0 spiro atoms.